The van der Waals surface area contributed by atoms with Crippen molar-refractivity contribution in [2.75, 3.05) is 79.6 Å². The van der Waals surface area contributed by atoms with Crippen LogP contribution in [-0.2, 0) is 44.9 Å². The van der Waals surface area contributed by atoms with Crippen LogP contribution in [0.5, 0.6) is 23.0 Å². The van der Waals surface area contributed by atoms with Gasteiger partial charge in [-0.05, 0) is 125 Å². The summed E-state index contributed by atoms with van der Waals surface area (Å²) in [5, 5.41) is 6.28. The smallest absolute Gasteiger partial charge is 0.410 e. The second kappa shape index (κ2) is 28.6. The Hall–Kier alpha value is -9.25. The molecule has 1 aromatic heterocycles. The minimum atomic E-state index is -0.805. The lowest BCUT2D eigenvalue weighted by Crippen LogP contribution is -2.36. The monoisotopic (exact) mass is 1060 g/mol. The first kappa shape index (κ1) is 56.5. The van der Waals surface area contributed by atoms with Crippen molar-refractivity contribution in [2.45, 2.75) is 38.0 Å². The zero-order valence-corrected chi connectivity index (χ0v) is 44.6. The topological polar surface area (TPSA) is 186 Å². The van der Waals surface area contributed by atoms with Gasteiger partial charge in [-0.3, -0.25) is 14.8 Å². The Kier molecular flexibility index (Phi) is 20.7. The zero-order chi connectivity index (χ0) is 55.2. The van der Waals surface area contributed by atoms with Gasteiger partial charge in [0.15, 0.2) is 0 Å². The Labute approximate surface area is 454 Å². The molecule has 17 heteroatoms. The van der Waals surface area contributed by atoms with Crippen LogP contribution in [-0.4, -0.2) is 108 Å². The summed E-state index contributed by atoms with van der Waals surface area (Å²) in [5.74, 6) is 1.15. The van der Waals surface area contributed by atoms with E-state index in [2.05, 4.69) is 15.6 Å². The van der Waals surface area contributed by atoms with Crippen molar-refractivity contribution in [1.29, 1.82) is 0 Å². The maximum absolute atomic E-state index is 14.2. The molecule has 0 bridgehead atoms. The van der Waals surface area contributed by atoms with Gasteiger partial charge in [0.25, 0.3) is 0 Å². The van der Waals surface area contributed by atoms with Gasteiger partial charge in [0.1, 0.15) is 49.4 Å². The number of methoxy groups -OCH3 is 4. The van der Waals surface area contributed by atoms with Crippen molar-refractivity contribution in [3.8, 4) is 23.0 Å². The Morgan fingerprint density at radius 2 is 0.731 bits per heavy atom. The largest absolute Gasteiger partial charge is 0.497 e. The number of benzene rings is 6. The second-order valence-corrected chi connectivity index (χ2v) is 17.8. The number of aromatic nitrogens is 1. The molecule has 0 spiro atoms. The first-order valence-electron chi connectivity index (χ1n) is 25.2. The molecule has 0 fully saturated rings. The summed E-state index contributed by atoms with van der Waals surface area (Å²) < 4.78 is 44.1. The third kappa shape index (κ3) is 15.9. The van der Waals surface area contributed by atoms with E-state index in [1.165, 1.54) is 18.5 Å². The molecule has 2 unspecified atom stereocenters. The van der Waals surface area contributed by atoms with Crippen LogP contribution in [0.3, 0.4) is 0 Å². The average Bonchev–Trinajstić information content (AvgIpc) is 3.50. The van der Waals surface area contributed by atoms with Gasteiger partial charge < -0.3 is 48.5 Å². The van der Waals surface area contributed by atoms with E-state index < -0.39 is 36.2 Å². The summed E-state index contributed by atoms with van der Waals surface area (Å²) >= 11 is 0. The first-order chi connectivity index (χ1) is 38.0. The van der Waals surface area contributed by atoms with Crippen molar-refractivity contribution in [3.05, 3.63) is 209 Å². The van der Waals surface area contributed by atoms with Crippen LogP contribution in [0.2, 0.25) is 0 Å². The lowest BCUT2D eigenvalue weighted by atomic mass is 9.96. The number of carbonyl (C=O) groups excluding carboxylic acids is 4. The number of hydrogen-bond donors (Lipinski definition) is 2. The molecule has 6 aromatic carbocycles. The molecule has 0 saturated carbocycles. The Morgan fingerprint density at radius 3 is 1.04 bits per heavy atom. The number of nitrogens with one attached hydrogen (secondary N) is 2. The van der Waals surface area contributed by atoms with Crippen LogP contribution in [0.25, 0.3) is 0 Å². The molecular formula is C61H65N5O12. The normalized spacial score (nSPS) is 11.5. The minimum Gasteiger partial charge on any atom is -0.497 e. The number of hydrogen-bond acceptors (Lipinski definition) is 15. The number of rotatable bonds is 26. The van der Waals surface area contributed by atoms with Crippen molar-refractivity contribution >= 4 is 35.5 Å². The number of pyridine rings is 1. The first-order valence-corrected chi connectivity index (χ1v) is 25.2. The molecule has 17 nitrogen and oxygen atoms in total. The molecule has 0 aliphatic carbocycles. The van der Waals surface area contributed by atoms with E-state index in [1.54, 1.807) is 38.2 Å². The van der Waals surface area contributed by atoms with Crippen LogP contribution < -0.4 is 29.6 Å². The summed E-state index contributed by atoms with van der Waals surface area (Å²) in [7, 11) is 10.1. The number of esters is 2. The molecule has 7 aromatic rings. The van der Waals surface area contributed by atoms with E-state index in [0.29, 0.717) is 35.8 Å². The standard InChI is InChI=1S/C61H65N5O12/c1-62-50-19-15-46(16-20-50)56(35-42-7-23-52(71-3)24-8-42)65(40-44-11-27-54(73-5)28-12-44)60(69)77-33-31-75-58(67)48-37-49(39-64-38-48)59(68)76-32-34-78-61(70)66(41-45-13-29-55(74-6)30-14-45)57(47-17-21-51(63-2)22-18-47)36-43-9-25-53(72-4)26-10-43/h7-30,37-39,56-57,62-63H,31-36,40-41H2,1-6H3. The summed E-state index contributed by atoms with van der Waals surface area (Å²) in [6, 6.07) is 46.2. The number of anilines is 2. The summed E-state index contributed by atoms with van der Waals surface area (Å²) in [4.78, 5) is 62.4. The van der Waals surface area contributed by atoms with Crippen molar-refractivity contribution in [2.24, 2.45) is 0 Å². The molecule has 2 N–H and O–H groups in total. The number of carbonyl (C=O) groups is 4. The van der Waals surface area contributed by atoms with Gasteiger partial charge in [-0.2, -0.15) is 0 Å². The number of amides is 2. The van der Waals surface area contributed by atoms with Crippen LogP contribution >= 0.6 is 0 Å². The molecule has 0 radical (unpaired) electrons. The molecule has 406 valence electrons. The Morgan fingerprint density at radius 1 is 0.423 bits per heavy atom. The fourth-order valence-electron chi connectivity index (χ4n) is 8.51. The van der Waals surface area contributed by atoms with E-state index in [9.17, 15) is 19.2 Å². The highest BCUT2D eigenvalue weighted by molar-refractivity contribution is 5.94. The summed E-state index contributed by atoms with van der Waals surface area (Å²) in [6.45, 7) is -0.746. The van der Waals surface area contributed by atoms with Gasteiger partial charge in [0.05, 0.1) is 51.6 Å². The van der Waals surface area contributed by atoms with E-state index in [-0.39, 0.29) is 50.6 Å². The van der Waals surface area contributed by atoms with E-state index >= 15 is 0 Å². The summed E-state index contributed by atoms with van der Waals surface area (Å²) in [6.07, 6.45) is 2.13. The van der Waals surface area contributed by atoms with E-state index in [1.807, 2.05) is 160 Å². The third-order valence-electron chi connectivity index (χ3n) is 12.9. The predicted molar refractivity (Wildman–Crippen MR) is 295 cm³/mol. The highest BCUT2D eigenvalue weighted by Crippen LogP contribution is 2.32. The molecule has 0 aliphatic heterocycles. The lowest BCUT2D eigenvalue weighted by molar-refractivity contribution is 0.0315. The second-order valence-electron chi connectivity index (χ2n) is 17.8. The molecule has 2 amide bonds. The van der Waals surface area contributed by atoms with E-state index in [4.69, 9.17) is 37.9 Å². The van der Waals surface area contributed by atoms with Crippen molar-refractivity contribution in [1.82, 2.24) is 14.8 Å². The van der Waals surface area contributed by atoms with E-state index in [0.717, 1.165) is 44.8 Å². The van der Waals surface area contributed by atoms with Gasteiger partial charge in [-0.25, -0.2) is 19.2 Å². The maximum atomic E-state index is 14.2. The van der Waals surface area contributed by atoms with Gasteiger partial charge in [-0.15, -0.1) is 0 Å². The zero-order valence-electron chi connectivity index (χ0n) is 44.6. The number of ether oxygens (including phenoxy) is 8. The van der Waals surface area contributed by atoms with Crippen molar-refractivity contribution in [3.63, 3.8) is 0 Å². The van der Waals surface area contributed by atoms with Gasteiger partial charge in [-0.1, -0.05) is 72.8 Å². The summed E-state index contributed by atoms with van der Waals surface area (Å²) in [5.41, 5.74) is 7.09. The Bertz CT molecular complexity index is 2810. The average molecular weight is 1060 g/mol. The highest BCUT2D eigenvalue weighted by atomic mass is 16.6. The van der Waals surface area contributed by atoms with Crippen LogP contribution in [0, 0.1) is 0 Å². The lowest BCUT2D eigenvalue weighted by Gasteiger charge is -2.32. The van der Waals surface area contributed by atoms with Gasteiger partial charge >= 0.3 is 24.1 Å². The number of nitrogens with zero attached hydrogens (tertiary/aromatic N) is 3. The highest BCUT2D eigenvalue weighted by Gasteiger charge is 2.30. The molecule has 0 aliphatic rings. The molecule has 0 saturated heterocycles. The van der Waals surface area contributed by atoms with Crippen molar-refractivity contribution < 1.29 is 57.1 Å². The van der Waals surface area contributed by atoms with Gasteiger partial charge in [0.2, 0.25) is 0 Å². The van der Waals surface area contributed by atoms with Crippen LogP contribution in [0.1, 0.15) is 66.2 Å². The predicted octanol–water partition coefficient (Wildman–Crippen LogP) is 10.8. The fraction of sp³-hybridized carbons (Fsp3) is 0.262. The van der Waals surface area contributed by atoms with Crippen LogP contribution in [0.4, 0.5) is 21.0 Å². The maximum Gasteiger partial charge on any atom is 0.410 e. The molecular weight excluding hydrogens is 995 g/mol. The molecule has 78 heavy (non-hydrogen) atoms. The van der Waals surface area contributed by atoms with Crippen LogP contribution in [0.15, 0.2) is 164 Å². The van der Waals surface area contributed by atoms with Gasteiger partial charge in [0, 0.05) is 51.0 Å². The third-order valence-corrected chi connectivity index (χ3v) is 12.9. The quantitative estimate of drug-likeness (QED) is 0.0296. The SMILES string of the molecule is CNc1ccc(C(Cc2ccc(OC)cc2)N(Cc2ccc(OC)cc2)C(=O)OCCOC(=O)c2cncc(C(=O)OCCOC(=O)N(Cc3ccc(OC)cc3)C(Cc3ccc(OC)cc3)c3ccc(NC)cc3)c2)cc1. The minimum absolute atomic E-state index is 0.0345. The fourth-order valence-corrected chi connectivity index (χ4v) is 8.51. The molecule has 2 atom stereocenters. The molecule has 1 heterocycles. The Balaban J connectivity index is 0.976. The molecule has 7 rings (SSSR count).